The molecule has 13 heavy (non-hydrogen) atoms. The highest BCUT2D eigenvalue weighted by Crippen LogP contribution is 2.25. The molecule has 0 aromatic carbocycles. The lowest BCUT2D eigenvalue weighted by Crippen LogP contribution is -2.53. The van der Waals surface area contributed by atoms with Crippen LogP contribution in [0.3, 0.4) is 0 Å². The van der Waals surface area contributed by atoms with Gasteiger partial charge in [-0.1, -0.05) is 0 Å². The summed E-state index contributed by atoms with van der Waals surface area (Å²) in [7, 11) is 1.30. The molecule has 0 aromatic rings. The fourth-order valence-corrected chi connectivity index (χ4v) is 1.46. The maximum Gasteiger partial charge on any atom is 0.320 e. The van der Waals surface area contributed by atoms with Crippen LogP contribution in [0.2, 0.25) is 0 Å². The van der Waals surface area contributed by atoms with E-state index >= 15 is 0 Å². The van der Waals surface area contributed by atoms with Crippen LogP contribution in [0.5, 0.6) is 0 Å². The zero-order valence-corrected chi connectivity index (χ0v) is 8.22. The molecular formula is C9H15NO3. The van der Waals surface area contributed by atoms with Gasteiger partial charge >= 0.3 is 5.97 Å². The van der Waals surface area contributed by atoms with E-state index in [0.717, 1.165) is 0 Å². The second-order valence-corrected chi connectivity index (χ2v) is 3.73. The molecule has 4 nitrogen and oxygen atoms in total. The Balaban J connectivity index is 2.79. The van der Waals surface area contributed by atoms with Crippen molar-refractivity contribution >= 4 is 11.8 Å². The van der Waals surface area contributed by atoms with Gasteiger partial charge in [-0.15, -0.1) is 0 Å². The number of ketones is 1. The molecule has 4 heteroatoms. The molecular weight excluding hydrogens is 170 g/mol. The largest absolute Gasteiger partial charge is 0.468 e. The number of carbonyl (C=O) groups excluding carboxylic acids is 2. The van der Waals surface area contributed by atoms with E-state index in [-0.39, 0.29) is 11.8 Å². The molecule has 1 N–H and O–H groups in total. The maximum atomic E-state index is 11.6. The Morgan fingerprint density at radius 1 is 1.69 bits per heavy atom. The third kappa shape index (κ3) is 1.72. The first-order valence-corrected chi connectivity index (χ1v) is 4.36. The molecule has 2 unspecified atom stereocenters. The number of carbonyl (C=O) groups is 2. The summed E-state index contributed by atoms with van der Waals surface area (Å²) in [6.07, 6.45) is 0.394. The van der Waals surface area contributed by atoms with E-state index in [1.54, 1.807) is 6.92 Å². The molecule has 0 bridgehead atoms. The second-order valence-electron chi connectivity index (χ2n) is 3.73. The zero-order chi connectivity index (χ0) is 10.1. The highest BCUT2D eigenvalue weighted by molar-refractivity contribution is 6.04. The summed E-state index contributed by atoms with van der Waals surface area (Å²) in [4.78, 5) is 22.9. The number of hydrogen-bond donors (Lipinski definition) is 1. The second kappa shape index (κ2) is 3.46. The van der Waals surface area contributed by atoms with Gasteiger partial charge in [0.05, 0.1) is 7.11 Å². The van der Waals surface area contributed by atoms with Crippen molar-refractivity contribution in [1.29, 1.82) is 0 Å². The first-order chi connectivity index (χ1) is 6.00. The summed E-state index contributed by atoms with van der Waals surface area (Å²) < 4.78 is 4.60. The molecule has 0 aromatic heterocycles. The summed E-state index contributed by atoms with van der Waals surface area (Å²) in [5, 5.41) is 3.10. The topological polar surface area (TPSA) is 55.4 Å². The summed E-state index contributed by atoms with van der Waals surface area (Å²) in [6.45, 7) is 3.93. The highest BCUT2D eigenvalue weighted by atomic mass is 16.5. The van der Waals surface area contributed by atoms with E-state index in [1.165, 1.54) is 7.11 Å². The molecule has 1 saturated heterocycles. The van der Waals surface area contributed by atoms with Crippen LogP contribution in [0.4, 0.5) is 0 Å². The lowest BCUT2D eigenvalue weighted by Gasteiger charge is -2.32. The van der Waals surface area contributed by atoms with Crippen LogP contribution in [0.15, 0.2) is 0 Å². The number of methoxy groups -OCH3 is 1. The number of hydrogen-bond acceptors (Lipinski definition) is 4. The average molecular weight is 185 g/mol. The minimum Gasteiger partial charge on any atom is -0.468 e. The Labute approximate surface area is 77.6 Å². The standard InChI is InChI=1S/C9H15NO3/c1-6-4-7(11)9(2,5-10-6)8(12)13-3/h6,10H,4-5H2,1-3H3. The molecule has 0 amide bonds. The van der Waals surface area contributed by atoms with E-state index in [1.807, 2.05) is 6.92 Å². The zero-order valence-electron chi connectivity index (χ0n) is 8.22. The molecule has 0 spiro atoms. The molecule has 1 rings (SSSR count). The molecule has 74 valence electrons. The Morgan fingerprint density at radius 2 is 2.31 bits per heavy atom. The number of piperidine rings is 1. The Hall–Kier alpha value is -0.900. The number of rotatable bonds is 1. The van der Waals surface area contributed by atoms with Gasteiger partial charge in [-0.25, -0.2) is 0 Å². The summed E-state index contributed by atoms with van der Waals surface area (Å²) in [6, 6.07) is 0.158. The lowest BCUT2D eigenvalue weighted by atomic mass is 9.79. The fraction of sp³-hybridized carbons (Fsp3) is 0.778. The van der Waals surface area contributed by atoms with Gasteiger partial charge in [-0.3, -0.25) is 9.59 Å². The maximum absolute atomic E-state index is 11.6. The summed E-state index contributed by atoms with van der Waals surface area (Å²) in [5.74, 6) is -0.484. The fourth-order valence-electron chi connectivity index (χ4n) is 1.46. The lowest BCUT2D eigenvalue weighted by molar-refractivity contribution is -0.158. The van der Waals surface area contributed by atoms with Gasteiger partial charge in [0, 0.05) is 19.0 Å². The predicted octanol–water partition coefficient (Wildman–Crippen LogP) is 0.117. The van der Waals surface area contributed by atoms with Crippen molar-refractivity contribution in [2.24, 2.45) is 5.41 Å². The van der Waals surface area contributed by atoms with Gasteiger partial charge in [0.1, 0.15) is 5.41 Å². The molecule has 0 aliphatic carbocycles. The van der Waals surface area contributed by atoms with Crippen molar-refractivity contribution in [3.63, 3.8) is 0 Å². The highest BCUT2D eigenvalue weighted by Gasteiger charge is 2.44. The minimum absolute atomic E-state index is 0.0365. The summed E-state index contributed by atoms with van der Waals surface area (Å²) >= 11 is 0. The molecule has 0 saturated carbocycles. The SMILES string of the molecule is COC(=O)C1(C)CNC(C)CC1=O. The van der Waals surface area contributed by atoms with Gasteiger partial charge in [-0.2, -0.15) is 0 Å². The van der Waals surface area contributed by atoms with Crippen molar-refractivity contribution < 1.29 is 14.3 Å². The van der Waals surface area contributed by atoms with Gasteiger partial charge in [0.25, 0.3) is 0 Å². The third-order valence-electron chi connectivity index (χ3n) is 2.55. The van der Waals surface area contributed by atoms with E-state index in [4.69, 9.17) is 0 Å². The number of nitrogens with one attached hydrogen (secondary N) is 1. The first-order valence-electron chi connectivity index (χ1n) is 4.36. The number of Topliss-reactive ketones (excluding diaryl/α,β-unsaturated/α-hetero) is 1. The normalized spacial score (nSPS) is 34.4. The van der Waals surface area contributed by atoms with Crippen LogP contribution in [-0.4, -0.2) is 31.4 Å². The van der Waals surface area contributed by atoms with Gasteiger partial charge in [0.15, 0.2) is 5.78 Å². The molecule has 1 heterocycles. The van der Waals surface area contributed by atoms with Crippen LogP contribution in [-0.2, 0) is 14.3 Å². The van der Waals surface area contributed by atoms with Crippen molar-refractivity contribution in [3.05, 3.63) is 0 Å². The average Bonchev–Trinajstić information content (AvgIpc) is 2.11. The monoisotopic (exact) mass is 185 g/mol. The van der Waals surface area contributed by atoms with Crippen LogP contribution < -0.4 is 5.32 Å². The quantitative estimate of drug-likeness (QED) is 0.465. The predicted molar refractivity (Wildman–Crippen MR) is 47.2 cm³/mol. The van der Waals surface area contributed by atoms with Gasteiger partial charge < -0.3 is 10.1 Å². The van der Waals surface area contributed by atoms with Crippen LogP contribution >= 0.6 is 0 Å². The van der Waals surface area contributed by atoms with Crippen molar-refractivity contribution in [1.82, 2.24) is 5.32 Å². The van der Waals surface area contributed by atoms with E-state index in [2.05, 4.69) is 10.1 Å². The van der Waals surface area contributed by atoms with Crippen LogP contribution in [0, 0.1) is 5.41 Å². The van der Waals surface area contributed by atoms with Crippen molar-refractivity contribution in [2.45, 2.75) is 26.3 Å². The van der Waals surface area contributed by atoms with E-state index < -0.39 is 11.4 Å². The van der Waals surface area contributed by atoms with Crippen LogP contribution in [0.25, 0.3) is 0 Å². The van der Waals surface area contributed by atoms with E-state index in [9.17, 15) is 9.59 Å². The Kier molecular flexibility index (Phi) is 2.71. The van der Waals surface area contributed by atoms with Gasteiger partial charge in [-0.05, 0) is 13.8 Å². The first kappa shape index (κ1) is 10.2. The van der Waals surface area contributed by atoms with Gasteiger partial charge in [0.2, 0.25) is 0 Å². The molecule has 1 fully saturated rings. The Bertz CT molecular complexity index is 239. The summed E-state index contributed by atoms with van der Waals surface area (Å²) in [5.41, 5.74) is -0.985. The smallest absolute Gasteiger partial charge is 0.320 e. The number of ether oxygens (including phenoxy) is 1. The number of esters is 1. The molecule has 2 atom stereocenters. The Morgan fingerprint density at radius 3 is 2.77 bits per heavy atom. The third-order valence-corrected chi connectivity index (χ3v) is 2.55. The molecule has 0 radical (unpaired) electrons. The molecule has 1 aliphatic rings. The molecule has 1 aliphatic heterocycles. The van der Waals surface area contributed by atoms with Crippen LogP contribution in [0.1, 0.15) is 20.3 Å². The minimum atomic E-state index is -0.985. The van der Waals surface area contributed by atoms with E-state index in [0.29, 0.717) is 13.0 Å². The van der Waals surface area contributed by atoms with Crippen molar-refractivity contribution in [2.75, 3.05) is 13.7 Å². The van der Waals surface area contributed by atoms with Crippen molar-refractivity contribution in [3.8, 4) is 0 Å².